The van der Waals surface area contributed by atoms with E-state index < -0.39 is 0 Å². The zero-order chi connectivity index (χ0) is 17.1. The summed E-state index contributed by atoms with van der Waals surface area (Å²) in [5, 5.41) is 3.04. The highest BCUT2D eigenvalue weighted by atomic mass is 16.5. The van der Waals surface area contributed by atoms with Gasteiger partial charge >= 0.3 is 6.03 Å². The molecule has 1 aliphatic heterocycles. The number of aryl methyl sites for hydroxylation is 1. The smallest absolute Gasteiger partial charge is 0.322 e. The topological polar surface area (TPSA) is 46.5 Å². The molecule has 3 rings (SSSR count). The van der Waals surface area contributed by atoms with Crippen LogP contribution in [0, 0.1) is 6.92 Å². The summed E-state index contributed by atoms with van der Waals surface area (Å²) in [4.78, 5) is 14.9. The van der Waals surface area contributed by atoms with Crippen LogP contribution < -0.4 is 10.1 Å². The Bertz CT molecular complexity index is 723. The normalized spacial score (nSPS) is 16.6. The number of nitrogens with one attached hydrogen (secondary N) is 1. The molecule has 5 heteroatoms. The van der Waals surface area contributed by atoms with Crippen molar-refractivity contribution in [2.45, 2.75) is 39.3 Å². The number of hydrogen-bond acceptors (Lipinski definition) is 2. The van der Waals surface area contributed by atoms with Crippen molar-refractivity contribution in [3.8, 4) is 5.75 Å². The van der Waals surface area contributed by atoms with Crippen molar-refractivity contribution in [2.24, 2.45) is 0 Å². The molecule has 1 aromatic heterocycles. The van der Waals surface area contributed by atoms with Crippen LogP contribution in [0.5, 0.6) is 5.75 Å². The summed E-state index contributed by atoms with van der Waals surface area (Å²) in [6.45, 7) is 5.71. The van der Waals surface area contributed by atoms with Crippen LogP contribution in [0.2, 0.25) is 0 Å². The van der Waals surface area contributed by atoms with E-state index in [0.29, 0.717) is 12.3 Å². The highest BCUT2D eigenvalue weighted by Crippen LogP contribution is 2.32. The van der Waals surface area contributed by atoms with E-state index in [-0.39, 0.29) is 12.1 Å². The fraction of sp³-hybridized carbons (Fsp3) is 0.421. The molecule has 1 atom stereocenters. The van der Waals surface area contributed by atoms with Crippen molar-refractivity contribution in [3.05, 3.63) is 47.8 Å². The van der Waals surface area contributed by atoms with Crippen LogP contribution in [-0.4, -0.2) is 29.2 Å². The van der Waals surface area contributed by atoms with Gasteiger partial charge in [0.1, 0.15) is 5.75 Å². The Morgan fingerprint density at radius 1 is 1.33 bits per heavy atom. The van der Waals surface area contributed by atoms with Gasteiger partial charge in [0.25, 0.3) is 0 Å². The van der Waals surface area contributed by atoms with Crippen molar-refractivity contribution in [1.29, 1.82) is 0 Å². The second-order valence-corrected chi connectivity index (χ2v) is 6.26. The molecule has 0 aliphatic carbocycles. The molecule has 1 N–H and O–H groups in total. The highest BCUT2D eigenvalue weighted by molar-refractivity contribution is 5.91. The Morgan fingerprint density at radius 3 is 2.92 bits per heavy atom. The van der Waals surface area contributed by atoms with Crippen LogP contribution in [0.25, 0.3) is 0 Å². The lowest BCUT2D eigenvalue weighted by molar-refractivity contribution is 0.163. The quantitative estimate of drug-likeness (QED) is 0.915. The molecule has 24 heavy (non-hydrogen) atoms. The molecule has 0 saturated carbocycles. The molecule has 2 heterocycles. The van der Waals surface area contributed by atoms with E-state index in [1.54, 1.807) is 7.11 Å². The van der Waals surface area contributed by atoms with Crippen LogP contribution in [0.4, 0.5) is 10.5 Å². The average Bonchev–Trinajstić information content (AvgIpc) is 3.04. The van der Waals surface area contributed by atoms with E-state index in [1.807, 2.05) is 30.0 Å². The largest absolute Gasteiger partial charge is 0.495 e. The molecule has 0 saturated heterocycles. The van der Waals surface area contributed by atoms with Crippen LogP contribution in [0.3, 0.4) is 0 Å². The van der Waals surface area contributed by atoms with E-state index >= 15 is 0 Å². The first-order chi connectivity index (χ1) is 11.6. The Morgan fingerprint density at radius 2 is 2.17 bits per heavy atom. The van der Waals surface area contributed by atoms with Gasteiger partial charge in [0.15, 0.2) is 0 Å². The fourth-order valence-corrected chi connectivity index (χ4v) is 3.39. The predicted molar refractivity (Wildman–Crippen MR) is 95.5 cm³/mol. The van der Waals surface area contributed by atoms with Crippen LogP contribution in [-0.2, 0) is 6.54 Å². The lowest BCUT2D eigenvalue weighted by Gasteiger charge is -2.37. The summed E-state index contributed by atoms with van der Waals surface area (Å²) >= 11 is 0. The van der Waals surface area contributed by atoms with Gasteiger partial charge < -0.3 is 19.5 Å². The van der Waals surface area contributed by atoms with Crippen molar-refractivity contribution in [3.63, 3.8) is 0 Å². The van der Waals surface area contributed by atoms with Gasteiger partial charge in [-0.1, -0.05) is 19.4 Å². The van der Waals surface area contributed by atoms with E-state index in [0.717, 1.165) is 30.6 Å². The molecule has 1 aliphatic rings. The summed E-state index contributed by atoms with van der Waals surface area (Å²) in [6.07, 6.45) is 4.09. The number of rotatable bonds is 4. The molecule has 5 nitrogen and oxygen atoms in total. The molecule has 0 bridgehead atoms. The monoisotopic (exact) mass is 327 g/mol. The second-order valence-electron chi connectivity index (χ2n) is 6.26. The van der Waals surface area contributed by atoms with E-state index in [4.69, 9.17) is 4.74 Å². The minimum atomic E-state index is -0.0650. The minimum absolute atomic E-state index is 0.0650. The Hall–Kier alpha value is -2.43. The van der Waals surface area contributed by atoms with Gasteiger partial charge in [-0.3, -0.25) is 0 Å². The van der Waals surface area contributed by atoms with Gasteiger partial charge in [-0.2, -0.15) is 0 Å². The fourth-order valence-electron chi connectivity index (χ4n) is 3.39. The van der Waals surface area contributed by atoms with Crippen molar-refractivity contribution < 1.29 is 9.53 Å². The lowest BCUT2D eigenvalue weighted by Crippen LogP contribution is -2.44. The number of hydrogen-bond donors (Lipinski definition) is 1. The molecule has 128 valence electrons. The maximum atomic E-state index is 12.9. The Labute approximate surface area is 143 Å². The number of carbonyl (C=O) groups is 1. The van der Waals surface area contributed by atoms with Crippen molar-refractivity contribution in [1.82, 2.24) is 9.47 Å². The summed E-state index contributed by atoms with van der Waals surface area (Å²) in [6, 6.07) is 10.0. The number of benzene rings is 1. The molecular formula is C19H25N3O2. The highest BCUT2D eigenvalue weighted by Gasteiger charge is 2.30. The molecule has 0 unspecified atom stereocenters. The average molecular weight is 327 g/mol. The van der Waals surface area contributed by atoms with Gasteiger partial charge in [-0.25, -0.2) is 4.79 Å². The molecule has 0 spiro atoms. The van der Waals surface area contributed by atoms with Crippen LogP contribution >= 0.6 is 0 Å². The zero-order valence-electron chi connectivity index (χ0n) is 14.6. The number of ether oxygens (including phenoxy) is 1. The first-order valence-electron chi connectivity index (χ1n) is 8.51. The van der Waals surface area contributed by atoms with Crippen molar-refractivity contribution >= 4 is 11.7 Å². The third kappa shape index (κ3) is 3.11. The third-order valence-corrected chi connectivity index (χ3v) is 4.58. The molecule has 0 radical (unpaired) electrons. The van der Waals surface area contributed by atoms with Gasteiger partial charge in [0.2, 0.25) is 0 Å². The van der Waals surface area contributed by atoms with Crippen molar-refractivity contribution in [2.75, 3.05) is 19.0 Å². The van der Waals surface area contributed by atoms with Gasteiger partial charge in [-0.15, -0.1) is 0 Å². The van der Waals surface area contributed by atoms with E-state index in [9.17, 15) is 4.79 Å². The molecule has 1 aromatic carbocycles. The summed E-state index contributed by atoms with van der Waals surface area (Å²) < 4.78 is 7.62. The molecule has 0 fully saturated rings. The van der Waals surface area contributed by atoms with E-state index in [1.165, 1.54) is 5.69 Å². The first kappa shape index (κ1) is 16.4. The second kappa shape index (κ2) is 6.99. The maximum absolute atomic E-state index is 12.9. The third-order valence-electron chi connectivity index (χ3n) is 4.58. The standard InChI is InChI=1S/C19H25N3O2/c1-4-6-17-16-7-5-10-21(16)11-12-22(17)19(23)20-15-13-14(2)8-9-18(15)24-3/h5,7-10,13,17H,4,6,11-12H2,1-3H3,(H,20,23)/t17-/m1/s1. The Kier molecular flexibility index (Phi) is 4.79. The number of methoxy groups -OCH3 is 1. The SMILES string of the molecule is CCC[C@@H]1c2cccn2CCN1C(=O)Nc1cc(C)ccc1OC. The number of fused-ring (bicyclic) bond motifs is 1. The minimum Gasteiger partial charge on any atom is -0.495 e. The zero-order valence-corrected chi connectivity index (χ0v) is 14.6. The number of carbonyl (C=O) groups excluding carboxylic acids is 1. The van der Waals surface area contributed by atoms with Gasteiger partial charge in [0.05, 0.1) is 18.8 Å². The number of anilines is 1. The number of amides is 2. The summed E-state index contributed by atoms with van der Waals surface area (Å²) in [5.74, 6) is 0.682. The Balaban J connectivity index is 1.83. The maximum Gasteiger partial charge on any atom is 0.322 e. The number of aromatic nitrogens is 1. The molecule has 2 aromatic rings. The van der Waals surface area contributed by atoms with Gasteiger partial charge in [0, 0.05) is 25.0 Å². The number of nitrogens with zero attached hydrogens (tertiary/aromatic N) is 2. The predicted octanol–water partition coefficient (Wildman–Crippen LogP) is 4.19. The van der Waals surface area contributed by atoms with Crippen LogP contribution in [0.1, 0.15) is 37.1 Å². The van der Waals surface area contributed by atoms with Gasteiger partial charge in [-0.05, 0) is 43.2 Å². The lowest BCUT2D eigenvalue weighted by atomic mass is 10.0. The summed E-state index contributed by atoms with van der Waals surface area (Å²) in [7, 11) is 1.62. The molecular weight excluding hydrogens is 302 g/mol. The van der Waals surface area contributed by atoms with Crippen LogP contribution in [0.15, 0.2) is 36.5 Å². The first-order valence-corrected chi connectivity index (χ1v) is 8.51. The number of urea groups is 1. The molecule has 2 amide bonds. The van der Waals surface area contributed by atoms with E-state index in [2.05, 4.69) is 35.1 Å². The summed E-state index contributed by atoms with van der Waals surface area (Å²) in [5.41, 5.74) is 3.02.